The van der Waals surface area contributed by atoms with Crippen molar-refractivity contribution in [2.24, 2.45) is 0 Å². The number of methoxy groups -OCH3 is 1. The maximum absolute atomic E-state index is 9.08. The van der Waals surface area contributed by atoms with Gasteiger partial charge in [-0.2, -0.15) is 10.4 Å². The number of nitriles is 1. The summed E-state index contributed by atoms with van der Waals surface area (Å²) in [5, 5.41) is 19.0. The summed E-state index contributed by atoms with van der Waals surface area (Å²) in [4.78, 5) is 4.52. The largest absolute Gasteiger partial charge is 0.496 e. The Morgan fingerprint density at radius 1 is 1.27 bits per heavy atom. The molecule has 0 saturated carbocycles. The van der Waals surface area contributed by atoms with Gasteiger partial charge in [-0.1, -0.05) is 24.6 Å². The number of halogens is 1. The fourth-order valence-electron chi connectivity index (χ4n) is 3.20. The average molecular weight is 363 g/mol. The summed E-state index contributed by atoms with van der Waals surface area (Å²) in [6.07, 6.45) is 2.62. The minimum atomic E-state index is 0.412. The fourth-order valence-corrected chi connectivity index (χ4v) is 3.43. The summed E-state index contributed by atoms with van der Waals surface area (Å²) in [6.45, 7) is 2.09. The van der Waals surface area contributed by atoms with Crippen LogP contribution < -0.4 is 4.74 Å². The van der Waals surface area contributed by atoms with E-state index >= 15 is 0 Å². The Morgan fingerprint density at radius 3 is 2.81 bits per heavy atom. The second kappa shape index (κ2) is 6.32. The van der Waals surface area contributed by atoms with Crippen molar-refractivity contribution in [1.82, 2.24) is 15.2 Å². The predicted molar refractivity (Wildman–Crippen MR) is 102 cm³/mol. The summed E-state index contributed by atoms with van der Waals surface area (Å²) < 4.78 is 5.48. The number of benzene rings is 2. The third kappa shape index (κ3) is 2.47. The third-order valence-electron chi connectivity index (χ3n) is 4.54. The predicted octanol–water partition coefficient (Wildman–Crippen LogP) is 4.87. The van der Waals surface area contributed by atoms with Gasteiger partial charge in [-0.25, -0.2) is 0 Å². The van der Waals surface area contributed by atoms with E-state index in [1.54, 1.807) is 25.4 Å². The first-order valence-corrected chi connectivity index (χ1v) is 8.57. The molecule has 2 aromatic carbocycles. The first-order valence-electron chi connectivity index (χ1n) is 8.20. The van der Waals surface area contributed by atoms with E-state index in [-0.39, 0.29) is 0 Å². The molecule has 128 valence electrons. The second-order valence-corrected chi connectivity index (χ2v) is 6.37. The van der Waals surface area contributed by atoms with E-state index in [9.17, 15) is 0 Å². The monoisotopic (exact) mass is 362 g/mol. The molecule has 4 aromatic rings. The zero-order chi connectivity index (χ0) is 18.3. The van der Waals surface area contributed by atoms with E-state index in [4.69, 9.17) is 21.6 Å². The third-order valence-corrected chi connectivity index (χ3v) is 4.85. The smallest absolute Gasteiger partial charge is 0.124 e. The summed E-state index contributed by atoms with van der Waals surface area (Å²) in [5.74, 6) is 0.832. The van der Waals surface area contributed by atoms with Crippen LogP contribution >= 0.6 is 11.6 Å². The summed E-state index contributed by atoms with van der Waals surface area (Å²) in [7, 11) is 1.67. The number of aromatic amines is 1. The molecule has 0 aliphatic rings. The number of nitrogens with zero attached hydrogens (tertiary/aromatic N) is 3. The topological polar surface area (TPSA) is 74.6 Å². The Labute approximate surface area is 155 Å². The van der Waals surface area contributed by atoms with Gasteiger partial charge in [0, 0.05) is 22.4 Å². The van der Waals surface area contributed by atoms with Crippen molar-refractivity contribution in [3.63, 3.8) is 0 Å². The van der Waals surface area contributed by atoms with E-state index in [2.05, 4.69) is 34.2 Å². The lowest BCUT2D eigenvalue weighted by atomic mass is 10.0. The number of hydrogen-bond donors (Lipinski definition) is 1. The zero-order valence-corrected chi connectivity index (χ0v) is 15.1. The highest BCUT2D eigenvalue weighted by Gasteiger charge is 2.15. The van der Waals surface area contributed by atoms with Crippen LogP contribution in [0.1, 0.15) is 18.1 Å². The van der Waals surface area contributed by atoms with Crippen LogP contribution in [0.3, 0.4) is 0 Å². The van der Waals surface area contributed by atoms with Gasteiger partial charge in [0.15, 0.2) is 0 Å². The second-order valence-electron chi connectivity index (χ2n) is 5.96. The van der Waals surface area contributed by atoms with E-state index in [0.717, 1.165) is 50.8 Å². The molecular weight excluding hydrogens is 348 g/mol. The number of aromatic nitrogens is 3. The molecule has 2 heterocycles. The quantitative estimate of drug-likeness (QED) is 0.564. The van der Waals surface area contributed by atoms with Gasteiger partial charge in [-0.05, 0) is 30.2 Å². The molecule has 0 fully saturated rings. The van der Waals surface area contributed by atoms with Gasteiger partial charge in [-0.15, -0.1) is 0 Å². The molecule has 26 heavy (non-hydrogen) atoms. The number of pyridine rings is 1. The van der Waals surface area contributed by atoms with Crippen molar-refractivity contribution >= 4 is 33.4 Å². The summed E-state index contributed by atoms with van der Waals surface area (Å²) in [5.41, 5.74) is 4.88. The van der Waals surface area contributed by atoms with Crippen LogP contribution in [-0.4, -0.2) is 22.3 Å². The Balaban J connectivity index is 2.04. The van der Waals surface area contributed by atoms with Gasteiger partial charge in [0.05, 0.1) is 34.9 Å². The standard InChI is InChI=1S/C20H15ClN4O/c1-3-11-6-14-16(8-18(11)26-2)23-10-17-19(14)20(25-24-17)12-4-5-13(9-22)15(21)7-12/h4-8,10H,3H2,1-2H3,(H,24,25). The molecule has 0 saturated heterocycles. The normalized spacial score (nSPS) is 11.0. The molecule has 4 rings (SSSR count). The summed E-state index contributed by atoms with van der Waals surface area (Å²) in [6, 6.07) is 11.5. The van der Waals surface area contributed by atoms with E-state index in [0.29, 0.717) is 10.6 Å². The van der Waals surface area contributed by atoms with Gasteiger partial charge in [0.1, 0.15) is 17.5 Å². The van der Waals surface area contributed by atoms with Crippen LogP contribution in [-0.2, 0) is 6.42 Å². The molecule has 0 aliphatic carbocycles. The molecule has 1 N–H and O–H groups in total. The molecule has 6 heteroatoms. The summed E-state index contributed by atoms with van der Waals surface area (Å²) >= 11 is 6.21. The van der Waals surface area contributed by atoms with Gasteiger partial charge < -0.3 is 4.74 Å². The number of ether oxygens (including phenoxy) is 1. The molecule has 0 radical (unpaired) electrons. The highest BCUT2D eigenvalue weighted by atomic mass is 35.5. The lowest BCUT2D eigenvalue weighted by Crippen LogP contribution is -1.92. The van der Waals surface area contributed by atoms with Gasteiger partial charge >= 0.3 is 0 Å². The molecule has 0 unspecified atom stereocenters. The van der Waals surface area contributed by atoms with Crippen LogP contribution in [0.2, 0.25) is 5.02 Å². The number of nitrogens with one attached hydrogen (secondary N) is 1. The van der Waals surface area contributed by atoms with Crippen LogP contribution in [0, 0.1) is 11.3 Å². The Bertz CT molecular complexity index is 1190. The first-order chi connectivity index (χ1) is 12.7. The molecule has 0 bridgehead atoms. The van der Waals surface area contributed by atoms with Crippen LogP contribution in [0.4, 0.5) is 0 Å². The Hall–Kier alpha value is -3.10. The Kier molecular flexibility index (Phi) is 3.98. The minimum Gasteiger partial charge on any atom is -0.496 e. The lowest BCUT2D eigenvalue weighted by Gasteiger charge is -2.09. The van der Waals surface area contributed by atoms with E-state index in [1.807, 2.05) is 12.1 Å². The van der Waals surface area contributed by atoms with Gasteiger partial charge in [0.2, 0.25) is 0 Å². The highest BCUT2D eigenvalue weighted by molar-refractivity contribution is 6.32. The highest BCUT2D eigenvalue weighted by Crippen LogP contribution is 2.35. The number of H-pyrrole nitrogens is 1. The number of rotatable bonds is 3. The van der Waals surface area contributed by atoms with E-state index in [1.165, 1.54) is 0 Å². The van der Waals surface area contributed by atoms with Crippen molar-refractivity contribution in [2.45, 2.75) is 13.3 Å². The molecule has 5 nitrogen and oxygen atoms in total. The van der Waals surface area contributed by atoms with Crippen molar-refractivity contribution in [1.29, 1.82) is 5.26 Å². The Morgan fingerprint density at radius 2 is 2.12 bits per heavy atom. The average Bonchev–Trinajstić information content (AvgIpc) is 3.11. The maximum Gasteiger partial charge on any atom is 0.124 e. The van der Waals surface area contributed by atoms with Crippen molar-refractivity contribution in [3.8, 4) is 23.1 Å². The molecule has 0 atom stereocenters. The van der Waals surface area contributed by atoms with Crippen molar-refractivity contribution in [2.75, 3.05) is 7.11 Å². The number of fused-ring (bicyclic) bond motifs is 3. The molecule has 0 spiro atoms. The van der Waals surface area contributed by atoms with Gasteiger partial charge in [-0.3, -0.25) is 10.1 Å². The van der Waals surface area contributed by atoms with Crippen LogP contribution in [0.15, 0.2) is 36.5 Å². The molecular formula is C20H15ClN4O. The number of hydrogen-bond acceptors (Lipinski definition) is 4. The lowest BCUT2D eigenvalue weighted by molar-refractivity contribution is 0.411. The first kappa shape index (κ1) is 16.4. The molecule has 0 aliphatic heterocycles. The number of aryl methyl sites for hydroxylation is 1. The zero-order valence-electron chi connectivity index (χ0n) is 14.3. The van der Waals surface area contributed by atoms with Crippen LogP contribution in [0.5, 0.6) is 5.75 Å². The maximum atomic E-state index is 9.08. The SMILES string of the molecule is CCc1cc2c(cc1OC)ncc1[nH]nc(-c3ccc(C#N)c(Cl)c3)c12. The molecule has 2 aromatic heterocycles. The molecule has 0 amide bonds. The van der Waals surface area contributed by atoms with E-state index < -0.39 is 0 Å². The van der Waals surface area contributed by atoms with Gasteiger partial charge in [0.25, 0.3) is 0 Å². The fraction of sp³-hybridized carbons (Fsp3) is 0.150. The van der Waals surface area contributed by atoms with Crippen LogP contribution in [0.25, 0.3) is 33.1 Å². The van der Waals surface area contributed by atoms with Crippen molar-refractivity contribution < 1.29 is 4.74 Å². The minimum absolute atomic E-state index is 0.412. The van der Waals surface area contributed by atoms with Crippen molar-refractivity contribution in [3.05, 3.63) is 52.7 Å².